The van der Waals surface area contributed by atoms with Gasteiger partial charge in [0.25, 0.3) is 5.91 Å². The van der Waals surface area contributed by atoms with Crippen LogP contribution in [0.2, 0.25) is 0 Å². The van der Waals surface area contributed by atoms with Crippen molar-refractivity contribution in [1.82, 2.24) is 25.2 Å². The quantitative estimate of drug-likeness (QED) is 0.863. The lowest BCUT2D eigenvalue weighted by Crippen LogP contribution is -2.30. The van der Waals surface area contributed by atoms with Crippen LogP contribution in [-0.4, -0.2) is 52.3 Å². The number of nitrogens with zero attached hydrogens (tertiary/aromatic N) is 3. The molecule has 2 aromatic heterocycles. The number of H-pyrrole nitrogens is 1. The van der Waals surface area contributed by atoms with Gasteiger partial charge in [-0.05, 0) is 12.8 Å². The van der Waals surface area contributed by atoms with Gasteiger partial charge in [-0.2, -0.15) is 0 Å². The van der Waals surface area contributed by atoms with Gasteiger partial charge in [-0.1, -0.05) is 0 Å². The highest BCUT2D eigenvalue weighted by Crippen LogP contribution is 2.39. The molecule has 2 N–H and O–H groups in total. The standard InChI is InChI=1S/C15H19N5O2/c1-20(2)12(21)5-6-16-15(22)10-7-17-14-13(10)19-11(8-18-14)9-3-4-9/h7-9H,3-6H2,1-2H3,(H,16,22)(H,17,18). The number of hydrogen-bond acceptors (Lipinski definition) is 4. The number of rotatable bonds is 5. The minimum atomic E-state index is -0.236. The third-order valence-corrected chi connectivity index (χ3v) is 3.76. The molecule has 1 aliphatic rings. The van der Waals surface area contributed by atoms with E-state index in [4.69, 9.17) is 0 Å². The first kappa shape index (κ1) is 14.5. The third-order valence-electron chi connectivity index (χ3n) is 3.76. The summed E-state index contributed by atoms with van der Waals surface area (Å²) >= 11 is 0. The first-order valence-electron chi connectivity index (χ1n) is 7.38. The molecule has 1 fully saturated rings. The van der Waals surface area contributed by atoms with Crippen molar-refractivity contribution >= 4 is 23.0 Å². The van der Waals surface area contributed by atoms with E-state index >= 15 is 0 Å². The number of nitrogens with one attached hydrogen (secondary N) is 2. The molecule has 0 spiro atoms. The van der Waals surface area contributed by atoms with Crippen LogP contribution >= 0.6 is 0 Å². The molecule has 1 saturated carbocycles. The Bertz CT molecular complexity index is 718. The SMILES string of the molecule is CN(C)C(=O)CCNC(=O)c1c[nH]c2ncc(C3CC3)nc12. The largest absolute Gasteiger partial charge is 0.351 e. The smallest absolute Gasteiger partial charge is 0.255 e. The highest BCUT2D eigenvalue weighted by Gasteiger charge is 2.26. The number of hydrogen-bond donors (Lipinski definition) is 2. The first-order chi connectivity index (χ1) is 10.6. The van der Waals surface area contributed by atoms with Gasteiger partial charge < -0.3 is 15.2 Å². The van der Waals surface area contributed by atoms with E-state index in [2.05, 4.69) is 20.3 Å². The van der Waals surface area contributed by atoms with Gasteiger partial charge in [0.15, 0.2) is 5.65 Å². The third kappa shape index (κ3) is 2.93. The summed E-state index contributed by atoms with van der Waals surface area (Å²) in [5.74, 6) is 0.232. The Morgan fingerprint density at radius 3 is 2.86 bits per heavy atom. The maximum absolute atomic E-state index is 12.2. The zero-order valence-electron chi connectivity index (χ0n) is 12.7. The molecular formula is C15H19N5O2. The summed E-state index contributed by atoms with van der Waals surface area (Å²) < 4.78 is 0. The van der Waals surface area contributed by atoms with E-state index in [0.717, 1.165) is 18.5 Å². The van der Waals surface area contributed by atoms with E-state index in [0.29, 0.717) is 29.2 Å². The Morgan fingerprint density at radius 2 is 2.18 bits per heavy atom. The lowest BCUT2D eigenvalue weighted by Gasteiger charge is -2.10. The van der Waals surface area contributed by atoms with Gasteiger partial charge in [0.05, 0.1) is 17.5 Å². The fourth-order valence-electron chi connectivity index (χ4n) is 2.26. The van der Waals surface area contributed by atoms with Crippen molar-refractivity contribution in [2.75, 3.05) is 20.6 Å². The van der Waals surface area contributed by atoms with Crippen molar-refractivity contribution < 1.29 is 9.59 Å². The fourth-order valence-corrected chi connectivity index (χ4v) is 2.26. The molecule has 0 aliphatic heterocycles. The van der Waals surface area contributed by atoms with Crippen LogP contribution in [0.5, 0.6) is 0 Å². The number of aromatic amines is 1. The molecule has 0 bridgehead atoms. The second-order valence-electron chi connectivity index (χ2n) is 5.76. The van der Waals surface area contributed by atoms with Crippen molar-refractivity contribution in [3.8, 4) is 0 Å². The molecule has 22 heavy (non-hydrogen) atoms. The van der Waals surface area contributed by atoms with E-state index in [-0.39, 0.29) is 18.2 Å². The van der Waals surface area contributed by atoms with E-state index in [1.54, 1.807) is 26.5 Å². The van der Waals surface area contributed by atoms with Crippen LogP contribution in [0.1, 0.15) is 41.2 Å². The monoisotopic (exact) mass is 301 g/mol. The van der Waals surface area contributed by atoms with Crippen LogP contribution in [-0.2, 0) is 4.79 Å². The molecule has 1 aliphatic carbocycles. The molecule has 2 amide bonds. The van der Waals surface area contributed by atoms with Gasteiger partial charge in [-0.25, -0.2) is 9.97 Å². The Balaban J connectivity index is 1.70. The van der Waals surface area contributed by atoms with E-state index in [1.807, 2.05) is 0 Å². The zero-order chi connectivity index (χ0) is 15.7. The van der Waals surface area contributed by atoms with Crippen molar-refractivity contribution in [2.45, 2.75) is 25.2 Å². The Morgan fingerprint density at radius 1 is 1.41 bits per heavy atom. The summed E-state index contributed by atoms with van der Waals surface area (Å²) in [6.45, 7) is 0.304. The molecule has 2 aromatic rings. The van der Waals surface area contributed by atoms with Gasteiger partial charge in [0, 0.05) is 39.2 Å². The van der Waals surface area contributed by atoms with Gasteiger partial charge in [-0.3, -0.25) is 9.59 Å². The molecule has 116 valence electrons. The molecule has 0 unspecified atom stereocenters. The summed E-state index contributed by atoms with van der Waals surface area (Å²) in [6.07, 6.45) is 5.94. The minimum absolute atomic E-state index is 0.0185. The van der Waals surface area contributed by atoms with Gasteiger partial charge in [-0.15, -0.1) is 0 Å². The maximum Gasteiger partial charge on any atom is 0.255 e. The second-order valence-corrected chi connectivity index (χ2v) is 5.76. The van der Waals surface area contributed by atoms with Crippen molar-refractivity contribution in [1.29, 1.82) is 0 Å². The van der Waals surface area contributed by atoms with E-state index in [1.165, 1.54) is 4.90 Å². The predicted octanol–water partition coefficient (Wildman–Crippen LogP) is 1.04. The van der Waals surface area contributed by atoms with Gasteiger partial charge in [0.2, 0.25) is 5.91 Å². The number of amides is 2. The lowest BCUT2D eigenvalue weighted by atomic mass is 10.2. The molecule has 0 atom stereocenters. The fraction of sp³-hybridized carbons (Fsp3) is 0.467. The van der Waals surface area contributed by atoms with Crippen LogP contribution in [0.15, 0.2) is 12.4 Å². The molecule has 0 saturated heterocycles. The molecule has 0 radical (unpaired) electrons. The van der Waals surface area contributed by atoms with Crippen LogP contribution in [0.3, 0.4) is 0 Å². The van der Waals surface area contributed by atoms with E-state index in [9.17, 15) is 9.59 Å². The van der Waals surface area contributed by atoms with Crippen LogP contribution in [0.25, 0.3) is 11.2 Å². The summed E-state index contributed by atoms with van der Waals surface area (Å²) in [5.41, 5.74) is 2.63. The highest BCUT2D eigenvalue weighted by atomic mass is 16.2. The number of carbonyl (C=O) groups is 2. The number of fused-ring (bicyclic) bond motifs is 1. The van der Waals surface area contributed by atoms with E-state index < -0.39 is 0 Å². The summed E-state index contributed by atoms with van der Waals surface area (Å²) in [6, 6.07) is 0. The van der Waals surface area contributed by atoms with Crippen LogP contribution in [0, 0.1) is 0 Å². The average molecular weight is 301 g/mol. The minimum Gasteiger partial charge on any atom is -0.351 e. The molecule has 2 heterocycles. The topological polar surface area (TPSA) is 91.0 Å². The summed E-state index contributed by atoms with van der Waals surface area (Å²) in [4.78, 5) is 37.1. The zero-order valence-corrected chi connectivity index (χ0v) is 12.7. The van der Waals surface area contributed by atoms with Gasteiger partial charge >= 0.3 is 0 Å². The Labute approximate surface area is 128 Å². The normalized spacial score (nSPS) is 14.1. The lowest BCUT2D eigenvalue weighted by molar-refractivity contribution is -0.128. The molecular weight excluding hydrogens is 282 g/mol. The molecule has 0 aromatic carbocycles. The number of carbonyl (C=O) groups excluding carboxylic acids is 2. The highest BCUT2D eigenvalue weighted by molar-refractivity contribution is 6.04. The van der Waals surface area contributed by atoms with Crippen LogP contribution < -0.4 is 5.32 Å². The summed E-state index contributed by atoms with van der Waals surface area (Å²) in [5, 5.41) is 2.75. The maximum atomic E-state index is 12.2. The average Bonchev–Trinajstić information content (AvgIpc) is 3.26. The molecule has 7 heteroatoms. The Hall–Kier alpha value is -2.44. The molecule has 7 nitrogen and oxygen atoms in total. The van der Waals surface area contributed by atoms with Crippen LogP contribution in [0.4, 0.5) is 0 Å². The molecule has 3 rings (SSSR count). The predicted molar refractivity (Wildman–Crippen MR) is 81.5 cm³/mol. The second kappa shape index (κ2) is 5.75. The first-order valence-corrected chi connectivity index (χ1v) is 7.38. The Kier molecular flexibility index (Phi) is 3.79. The van der Waals surface area contributed by atoms with Crippen molar-refractivity contribution in [3.63, 3.8) is 0 Å². The summed E-state index contributed by atoms with van der Waals surface area (Å²) in [7, 11) is 3.39. The van der Waals surface area contributed by atoms with Gasteiger partial charge in [0.1, 0.15) is 5.52 Å². The number of aromatic nitrogens is 3. The van der Waals surface area contributed by atoms with Crippen molar-refractivity contribution in [2.24, 2.45) is 0 Å². The van der Waals surface area contributed by atoms with Crippen molar-refractivity contribution in [3.05, 3.63) is 23.7 Å².